The Morgan fingerprint density at radius 2 is 1.40 bits per heavy atom. The van der Waals surface area contributed by atoms with Crippen LogP contribution in [0.4, 0.5) is 0 Å². The molecule has 0 amide bonds. The van der Waals surface area contributed by atoms with Gasteiger partial charge in [-0.1, -0.05) is 97.6 Å². The molecule has 4 aromatic rings. The molecule has 0 spiro atoms. The van der Waals surface area contributed by atoms with E-state index in [1.165, 1.54) is 102 Å². The van der Waals surface area contributed by atoms with Crippen LogP contribution in [-0.2, 0) is 41.5 Å². The normalized spacial score (nSPS) is 19.0. The van der Waals surface area contributed by atoms with Crippen molar-refractivity contribution in [2.45, 2.75) is 92.3 Å². The average Bonchev–Trinajstić information content (AvgIpc) is 3.69. The van der Waals surface area contributed by atoms with Crippen molar-refractivity contribution in [3.05, 3.63) is 141 Å². The van der Waals surface area contributed by atoms with Crippen molar-refractivity contribution in [3.8, 4) is 11.1 Å². The summed E-state index contributed by atoms with van der Waals surface area (Å²) in [5.74, 6) is 0.553. The molecule has 242 valence electrons. The summed E-state index contributed by atoms with van der Waals surface area (Å²) in [5, 5.41) is 4.29. The summed E-state index contributed by atoms with van der Waals surface area (Å²) in [5.41, 5.74) is 17.3. The molecule has 0 saturated carbocycles. The van der Waals surface area contributed by atoms with Gasteiger partial charge in [0.25, 0.3) is 0 Å². The molecular weight excluding hydrogens is 672 g/mol. The zero-order valence-corrected chi connectivity index (χ0v) is 34.3. The van der Waals surface area contributed by atoms with Gasteiger partial charge in [-0.3, -0.25) is 12.2 Å². The van der Waals surface area contributed by atoms with Crippen molar-refractivity contribution in [1.82, 2.24) is 0 Å². The Balaban J connectivity index is 0.000000145. The number of fused-ring (bicyclic) bond motifs is 6. The van der Waals surface area contributed by atoms with Crippen LogP contribution in [0.15, 0.2) is 89.7 Å². The molecule has 0 N–H and O–H groups in total. The van der Waals surface area contributed by atoms with Crippen LogP contribution >= 0.6 is 0 Å². The van der Waals surface area contributed by atoms with Crippen LogP contribution in [0.25, 0.3) is 33.0 Å². The molecule has 0 aliphatic heterocycles. The Morgan fingerprint density at radius 3 is 2.00 bits per heavy atom. The molecule has 0 heterocycles. The SMILES string of the molecule is CC1=[C-]C(C)(C)c2cc3c(cc21)-c1cc2c(cc1C3)C(C)(C)C=C2C.CC1=[C-]C(C)C=C1[Si](C)(C)C.[Zr+2]=[CH]c1cccc2ccccc12. The summed E-state index contributed by atoms with van der Waals surface area (Å²) in [6, 6.07) is 24.7. The molecule has 48 heavy (non-hydrogen) atoms. The van der Waals surface area contributed by atoms with E-state index < -0.39 is 8.07 Å². The minimum atomic E-state index is -1.07. The maximum absolute atomic E-state index is 3.65. The van der Waals surface area contributed by atoms with E-state index >= 15 is 0 Å². The molecule has 0 fully saturated rings. The van der Waals surface area contributed by atoms with Gasteiger partial charge >= 0.3 is 86.7 Å². The van der Waals surface area contributed by atoms with Crippen molar-refractivity contribution in [3.63, 3.8) is 0 Å². The van der Waals surface area contributed by atoms with Gasteiger partial charge in [-0.15, -0.1) is 11.6 Å². The molecule has 1 atom stereocenters. The molecule has 4 aromatic carbocycles. The van der Waals surface area contributed by atoms with Gasteiger partial charge in [0.05, 0.1) is 0 Å². The van der Waals surface area contributed by atoms with Gasteiger partial charge in [0.1, 0.15) is 0 Å². The van der Waals surface area contributed by atoms with Gasteiger partial charge in [-0.2, -0.15) is 11.6 Å². The molecule has 0 nitrogen and oxygen atoms in total. The van der Waals surface area contributed by atoms with E-state index in [0.29, 0.717) is 5.92 Å². The first kappa shape index (κ1) is 34.9. The van der Waals surface area contributed by atoms with Crippen LogP contribution in [-0.4, -0.2) is 11.8 Å². The van der Waals surface area contributed by atoms with Gasteiger partial charge < -0.3 is 0 Å². The third kappa shape index (κ3) is 6.53. The fourth-order valence-electron chi connectivity index (χ4n) is 8.30. The van der Waals surface area contributed by atoms with E-state index in [2.05, 4.69) is 170 Å². The Morgan fingerprint density at radius 1 is 0.771 bits per heavy atom. The standard InChI is InChI=1S/C25H25.C11H8.C10H17Si.Zr/c1-14-12-24(3,4)22-8-16-7-17-9-23-19(15(2)13-25(23,5)6)11-21(17)20(16)10-18(14)22;1-9-5-4-7-10-6-2-3-8-11(9)10;1-8-6-9(2)10(7-8)11(3,4)5;/h8-12H,7H2,1-6H3;1-8H;7-8H,1-5H3;/q-1;;-1;+2. The summed E-state index contributed by atoms with van der Waals surface area (Å²) in [6.45, 7) is 25.2. The number of allylic oxidation sites excluding steroid dienone is 8. The van der Waals surface area contributed by atoms with E-state index in [-0.39, 0.29) is 10.8 Å². The molecule has 4 aliphatic carbocycles. The van der Waals surface area contributed by atoms with Crippen LogP contribution in [0.3, 0.4) is 0 Å². The first-order valence-corrected chi connectivity index (χ1v) is 22.4. The molecule has 4 aliphatic rings. The molecular formula is C46H50SiZr. The van der Waals surface area contributed by atoms with Gasteiger partial charge in [-0.05, 0) is 66.4 Å². The third-order valence-electron chi connectivity index (χ3n) is 10.5. The van der Waals surface area contributed by atoms with Gasteiger partial charge in [0.2, 0.25) is 0 Å². The summed E-state index contributed by atoms with van der Waals surface area (Å²) < 4.78 is 2.23. The number of hydrogen-bond acceptors (Lipinski definition) is 0. The molecule has 0 saturated heterocycles. The zero-order valence-electron chi connectivity index (χ0n) is 30.9. The molecule has 2 heteroatoms. The average molecular weight is 722 g/mol. The minimum absolute atomic E-state index is 0.0340. The number of rotatable bonds is 2. The maximum atomic E-state index is 3.65. The number of hydrogen-bond donors (Lipinski definition) is 0. The monoisotopic (exact) mass is 720 g/mol. The first-order valence-electron chi connectivity index (χ1n) is 17.5. The van der Waals surface area contributed by atoms with E-state index in [0.717, 1.165) is 6.42 Å². The second-order valence-corrected chi connectivity index (χ2v) is 22.1. The van der Waals surface area contributed by atoms with Crippen molar-refractivity contribution in [2.75, 3.05) is 0 Å². The topological polar surface area (TPSA) is 0 Å². The van der Waals surface area contributed by atoms with E-state index in [4.69, 9.17) is 0 Å². The first-order chi connectivity index (χ1) is 22.5. The van der Waals surface area contributed by atoms with E-state index in [1.54, 1.807) is 5.20 Å². The van der Waals surface area contributed by atoms with Crippen molar-refractivity contribution in [1.29, 1.82) is 0 Å². The van der Waals surface area contributed by atoms with Crippen molar-refractivity contribution in [2.24, 2.45) is 5.92 Å². The fourth-order valence-corrected chi connectivity index (χ4v) is 10.9. The summed E-state index contributed by atoms with van der Waals surface area (Å²) in [4.78, 5) is 0. The van der Waals surface area contributed by atoms with Gasteiger partial charge in [-0.25, -0.2) is 16.3 Å². The molecule has 8 rings (SSSR count). The van der Waals surface area contributed by atoms with Crippen molar-refractivity contribution < 1.29 is 24.2 Å². The van der Waals surface area contributed by atoms with Crippen LogP contribution < -0.4 is 0 Å². The Labute approximate surface area is 306 Å². The second-order valence-electron chi connectivity index (χ2n) is 16.3. The van der Waals surface area contributed by atoms with Crippen LogP contribution in [0.5, 0.6) is 0 Å². The summed E-state index contributed by atoms with van der Waals surface area (Å²) in [6.07, 6.45) is 12.9. The second kappa shape index (κ2) is 12.8. The van der Waals surface area contributed by atoms with Crippen LogP contribution in [0.2, 0.25) is 19.6 Å². The Kier molecular flexibility index (Phi) is 9.28. The van der Waals surface area contributed by atoms with E-state index in [1.807, 2.05) is 0 Å². The summed E-state index contributed by atoms with van der Waals surface area (Å²) >= 11 is 1.46. The Bertz CT molecular complexity index is 2000. The van der Waals surface area contributed by atoms with Crippen molar-refractivity contribution >= 4 is 33.7 Å². The number of benzene rings is 4. The molecule has 0 aromatic heterocycles. The molecule has 0 bridgehead atoms. The summed E-state index contributed by atoms with van der Waals surface area (Å²) in [7, 11) is -1.07. The van der Waals surface area contributed by atoms with Crippen LogP contribution in [0.1, 0.15) is 94.3 Å². The predicted octanol–water partition coefficient (Wildman–Crippen LogP) is 12.2. The fraction of sp³-hybridized carbons (Fsp3) is 0.326. The third-order valence-corrected chi connectivity index (χ3v) is 13.4. The Hall–Kier alpha value is -2.93. The quantitative estimate of drug-likeness (QED) is 0.126. The van der Waals surface area contributed by atoms with E-state index in [9.17, 15) is 0 Å². The van der Waals surface area contributed by atoms with Gasteiger partial charge in [0.15, 0.2) is 0 Å². The predicted molar refractivity (Wildman–Crippen MR) is 209 cm³/mol. The zero-order chi connectivity index (χ0) is 34.8. The van der Waals surface area contributed by atoms with Crippen LogP contribution in [0, 0.1) is 18.1 Å². The van der Waals surface area contributed by atoms with Gasteiger partial charge in [0, 0.05) is 5.41 Å². The molecule has 1 unspecified atom stereocenters. The molecule has 0 radical (unpaired) electrons.